The van der Waals surface area contributed by atoms with E-state index in [0.717, 1.165) is 102 Å². The molecule has 0 amide bonds. The van der Waals surface area contributed by atoms with Crippen LogP contribution in [0.4, 0.5) is 0 Å². The van der Waals surface area contributed by atoms with Crippen molar-refractivity contribution < 1.29 is 68.1 Å². The summed E-state index contributed by atoms with van der Waals surface area (Å²) < 4.78 is 27.0. The van der Waals surface area contributed by atoms with Crippen molar-refractivity contribution in [2.75, 3.05) is 110 Å². The molecule has 82 heavy (non-hydrogen) atoms. The van der Waals surface area contributed by atoms with E-state index in [-0.39, 0.29) is 48.5 Å². The van der Waals surface area contributed by atoms with Crippen molar-refractivity contribution in [1.29, 1.82) is 0 Å². The predicted octanol–water partition coefficient (Wildman–Crippen LogP) is 9.24. The average molecular weight is 1210 g/mol. The highest BCUT2D eigenvalue weighted by molar-refractivity contribution is 8.76. The van der Waals surface area contributed by atoms with Crippen molar-refractivity contribution >= 4 is 51.4 Å². The molecule has 0 aromatic carbocycles. The number of hydrogen-bond acceptors (Lipinski definition) is 20. The summed E-state index contributed by atoms with van der Waals surface area (Å²) in [7, 11) is 3.78. The number of aliphatic hydroxyl groups excluding tert-OH is 4. The van der Waals surface area contributed by atoms with Crippen molar-refractivity contribution in [3.05, 3.63) is 0 Å². The Kier molecular flexibility index (Phi) is 48.2. The average Bonchev–Trinajstić information content (AvgIpc) is 3.44. The van der Waals surface area contributed by atoms with Crippen LogP contribution in [0.5, 0.6) is 0 Å². The normalized spacial score (nSPS) is 15.0. The smallest absolute Gasteiger partial charge is 0.306 e. The number of carbonyl (C=O) groups excluding carboxylic acids is 5. The lowest BCUT2D eigenvalue weighted by atomic mass is 10.1. The highest BCUT2D eigenvalue weighted by Gasteiger charge is 2.21. The van der Waals surface area contributed by atoms with E-state index in [1.165, 1.54) is 0 Å². The van der Waals surface area contributed by atoms with Gasteiger partial charge in [0.1, 0.15) is 6.61 Å². The summed E-state index contributed by atoms with van der Waals surface area (Å²) in [5, 5.41) is 43.8. The maximum Gasteiger partial charge on any atom is 0.306 e. The summed E-state index contributed by atoms with van der Waals surface area (Å²) >= 11 is 0. The largest absolute Gasteiger partial charge is 0.465 e. The number of nitrogens with zero attached hydrogens (tertiary/aromatic N) is 4. The highest BCUT2D eigenvalue weighted by Crippen LogP contribution is 2.23. The first kappa shape index (κ1) is 77.7. The maximum atomic E-state index is 12.9. The van der Waals surface area contributed by atoms with E-state index in [1.807, 2.05) is 54.2 Å². The van der Waals surface area contributed by atoms with Crippen molar-refractivity contribution in [1.82, 2.24) is 19.6 Å². The molecule has 4 N–H and O–H groups in total. The van der Waals surface area contributed by atoms with Gasteiger partial charge in [0, 0.05) is 109 Å². The molecule has 0 saturated carbocycles. The lowest BCUT2D eigenvalue weighted by Gasteiger charge is -2.34. The third-order valence-electron chi connectivity index (χ3n) is 15.1. The number of piperazine rings is 1. The van der Waals surface area contributed by atoms with Crippen LogP contribution in [0.3, 0.4) is 0 Å². The zero-order chi connectivity index (χ0) is 60.8. The van der Waals surface area contributed by atoms with Crippen LogP contribution in [0.1, 0.15) is 209 Å². The fourth-order valence-corrected chi connectivity index (χ4v) is 11.9. The van der Waals surface area contributed by atoms with E-state index in [9.17, 15) is 44.4 Å². The van der Waals surface area contributed by atoms with E-state index in [2.05, 4.69) is 42.4 Å². The second-order valence-corrected chi connectivity index (χ2v) is 26.0. The minimum atomic E-state index is -0.653. The van der Waals surface area contributed by atoms with Crippen LogP contribution in [0.25, 0.3) is 0 Å². The second kappa shape index (κ2) is 50.8. The summed E-state index contributed by atoms with van der Waals surface area (Å²) in [5.41, 5.74) is 0. The molecular weight excluding hydrogens is 1090 g/mol. The van der Waals surface area contributed by atoms with Gasteiger partial charge in [0.2, 0.25) is 0 Å². The number of hydrogen-bond donors (Lipinski definition) is 4. The first-order chi connectivity index (χ1) is 39.3. The molecule has 1 fully saturated rings. The van der Waals surface area contributed by atoms with E-state index >= 15 is 0 Å². The fraction of sp³-hybridized carbons (Fsp3) is 0.919. The van der Waals surface area contributed by atoms with Gasteiger partial charge in [-0.1, -0.05) is 101 Å². The zero-order valence-electron chi connectivity index (χ0n) is 52.6. The number of carbonyl (C=O) groups is 5. The van der Waals surface area contributed by atoms with Crippen molar-refractivity contribution in [3.63, 3.8) is 0 Å². The molecule has 1 aliphatic heterocycles. The summed E-state index contributed by atoms with van der Waals surface area (Å²) in [6.07, 6.45) is 12.8. The standard InChI is InChI=1S/C62H118N4O14S2/c1-9-52(10-2)48-77-59(72)28-17-13-24-56(69)46-66(47-57(70)25-14-18-29-60(73)78-49-53(11-3)12-4)34-23-32-58(71)76-41-39-63-35-37-64(38-36-63)40-43-82-81-42-22-21-33-65(44-54(67)26-15-19-30-61(74)79-50(5)6)45-55(68)27-16-20-31-62(75)80-51(7)8/h50-57,67-70H,9-49H2,1-8H3. The molecule has 1 aliphatic rings. The Balaban J connectivity index is 2.45. The number of unbranched alkanes of at least 4 members (excludes halogenated alkanes) is 5. The molecular formula is C62H118N4O14S2. The Morgan fingerprint density at radius 2 is 0.768 bits per heavy atom. The quantitative estimate of drug-likeness (QED) is 0.0193. The van der Waals surface area contributed by atoms with E-state index in [1.54, 1.807) is 0 Å². The molecule has 20 heteroatoms. The summed E-state index contributed by atoms with van der Waals surface area (Å²) in [4.78, 5) is 70.2. The van der Waals surface area contributed by atoms with Gasteiger partial charge >= 0.3 is 29.8 Å². The van der Waals surface area contributed by atoms with Gasteiger partial charge in [-0.25, -0.2) is 0 Å². The molecule has 0 bridgehead atoms. The van der Waals surface area contributed by atoms with E-state index in [0.29, 0.717) is 167 Å². The molecule has 482 valence electrons. The van der Waals surface area contributed by atoms with Gasteiger partial charge in [0.15, 0.2) is 0 Å². The molecule has 0 spiro atoms. The monoisotopic (exact) mass is 1210 g/mol. The molecule has 1 saturated heterocycles. The van der Waals surface area contributed by atoms with Crippen LogP contribution in [0.15, 0.2) is 0 Å². The molecule has 4 unspecified atom stereocenters. The van der Waals surface area contributed by atoms with Crippen LogP contribution >= 0.6 is 21.6 Å². The lowest BCUT2D eigenvalue weighted by molar-refractivity contribution is -0.148. The molecule has 0 aliphatic carbocycles. The van der Waals surface area contributed by atoms with Crippen LogP contribution < -0.4 is 0 Å². The van der Waals surface area contributed by atoms with Gasteiger partial charge in [0.05, 0.1) is 49.8 Å². The van der Waals surface area contributed by atoms with Crippen molar-refractivity contribution in [2.24, 2.45) is 11.8 Å². The first-order valence-electron chi connectivity index (χ1n) is 32.1. The molecule has 4 atom stereocenters. The second-order valence-electron chi connectivity index (χ2n) is 23.3. The molecule has 1 rings (SSSR count). The third kappa shape index (κ3) is 45.1. The van der Waals surface area contributed by atoms with Gasteiger partial charge in [-0.05, 0) is 123 Å². The van der Waals surface area contributed by atoms with Gasteiger partial charge in [-0.2, -0.15) is 0 Å². The van der Waals surface area contributed by atoms with Crippen molar-refractivity contribution in [3.8, 4) is 0 Å². The molecule has 0 aromatic heterocycles. The van der Waals surface area contributed by atoms with Gasteiger partial charge in [-0.15, -0.1) is 0 Å². The van der Waals surface area contributed by atoms with Crippen LogP contribution in [-0.4, -0.2) is 216 Å². The van der Waals surface area contributed by atoms with Gasteiger partial charge in [0.25, 0.3) is 0 Å². The first-order valence-corrected chi connectivity index (χ1v) is 34.6. The molecule has 0 radical (unpaired) electrons. The Morgan fingerprint density at radius 1 is 0.427 bits per heavy atom. The number of aliphatic hydroxyl groups is 4. The maximum absolute atomic E-state index is 12.9. The Morgan fingerprint density at radius 3 is 1.16 bits per heavy atom. The van der Waals surface area contributed by atoms with Gasteiger partial charge < -0.3 is 44.1 Å². The SMILES string of the molecule is CCC(CC)COC(=O)CCCCC(O)CN(CCCC(=O)OCCN1CCN(CCSSCCCCN(CC(O)CCCCC(=O)OC(C)C)CC(O)CCCCC(=O)OC(C)C)CC1)CC(O)CCCCC(=O)OCC(CC)CC. The van der Waals surface area contributed by atoms with Crippen molar-refractivity contribution in [2.45, 2.75) is 246 Å². The summed E-state index contributed by atoms with van der Waals surface area (Å²) in [6, 6.07) is 0. The highest BCUT2D eigenvalue weighted by atomic mass is 33.1. The van der Waals surface area contributed by atoms with E-state index < -0.39 is 24.4 Å². The van der Waals surface area contributed by atoms with E-state index in [4.69, 9.17) is 23.7 Å². The molecule has 0 aromatic rings. The van der Waals surface area contributed by atoms with Gasteiger partial charge in [-0.3, -0.25) is 43.6 Å². The lowest BCUT2D eigenvalue weighted by Crippen LogP contribution is -2.47. The third-order valence-corrected chi connectivity index (χ3v) is 17.5. The number of esters is 5. The predicted molar refractivity (Wildman–Crippen MR) is 331 cm³/mol. The summed E-state index contributed by atoms with van der Waals surface area (Å²) in [5.74, 6) is 1.72. The van der Waals surface area contributed by atoms with Crippen LogP contribution in [0.2, 0.25) is 0 Å². The van der Waals surface area contributed by atoms with Crippen LogP contribution in [0, 0.1) is 11.8 Å². The summed E-state index contributed by atoms with van der Waals surface area (Å²) in [6.45, 7) is 25.3. The molecule has 1 heterocycles. The number of rotatable bonds is 54. The minimum Gasteiger partial charge on any atom is -0.465 e. The Labute approximate surface area is 504 Å². The Bertz CT molecular complexity index is 1520. The minimum absolute atomic E-state index is 0.137. The topological polar surface area (TPSA) is 225 Å². The fourth-order valence-electron chi connectivity index (χ4n) is 9.75. The number of ether oxygens (including phenoxy) is 5. The molecule has 18 nitrogen and oxygen atoms in total. The Hall–Kier alpha value is -2.27. The van der Waals surface area contributed by atoms with Crippen LogP contribution in [-0.2, 0) is 47.7 Å². The zero-order valence-corrected chi connectivity index (χ0v) is 54.2.